The van der Waals surface area contributed by atoms with Crippen molar-refractivity contribution in [3.8, 4) is 5.75 Å². The van der Waals surface area contributed by atoms with Crippen LogP contribution >= 0.6 is 0 Å². The number of rotatable bonds is 9. The van der Waals surface area contributed by atoms with Gasteiger partial charge in [0, 0.05) is 24.4 Å². The molecular weight excluding hydrogens is 476 g/mol. The smallest absolute Gasteiger partial charge is 0.239 e. The Morgan fingerprint density at radius 3 is 2.54 bits per heavy atom. The molecule has 0 radical (unpaired) electrons. The maximum absolute atomic E-state index is 14.5. The normalized spacial score (nSPS) is 11.5. The Labute approximate surface area is 214 Å². The Morgan fingerprint density at radius 2 is 1.84 bits per heavy atom. The molecule has 0 saturated heterocycles. The quantitative estimate of drug-likeness (QED) is 0.296. The number of aryl methyl sites for hydroxylation is 1. The molecule has 0 aliphatic heterocycles. The summed E-state index contributed by atoms with van der Waals surface area (Å²) < 4.78 is 35.7. The first kappa shape index (κ1) is 26.1. The largest absolute Gasteiger partial charge is 0.496 e. The van der Waals surface area contributed by atoms with Gasteiger partial charge in [-0.15, -0.1) is 0 Å². The van der Waals surface area contributed by atoms with E-state index in [0.29, 0.717) is 46.8 Å². The van der Waals surface area contributed by atoms with Gasteiger partial charge in [0.15, 0.2) is 5.82 Å². The number of amides is 1. The molecule has 194 valence electrons. The third kappa shape index (κ3) is 5.72. The van der Waals surface area contributed by atoms with Crippen LogP contribution in [0.1, 0.15) is 30.5 Å². The molecule has 0 unspecified atom stereocenters. The number of nitrogens with one attached hydrogen (secondary N) is 3. The molecule has 0 atom stereocenters. The third-order valence-electron chi connectivity index (χ3n) is 6.41. The summed E-state index contributed by atoms with van der Waals surface area (Å²) in [5, 5.41) is 14.4. The highest BCUT2D eigenvalue weighted by Crippen LogP contribution is 2.35. The van der Waals surface area contributed by atoms with Crippen LogP contribution in [0.2, 0.25) is 0 Å². The molecule has 0 aliphatic carbocycles. The molecule has 4 rings (SSSR count). The lowest BCUT2D eigenvalue weighted by Crippen LogP contribution is -2.50. The Hall–Kier alpha value is -3.98. The number of ether oxygens (including phenoxy) is 1. The summed E-state index contributed by atoms with van der Waals surface area (Å²) in [6.45, 7) is 6.02. The Bertz CT molecular complexity index is 1450. The topological polar surface area (TPSA) is 80.2 Å². The molecule has 4 aromatic rings. The highest BCUT2D eigenvalue weighted by atomic mass is 19.1. The number of nitrogens with zero attached hydrogens (tertiary/aromatic N) is 2. The molecule has 7 nitrogen and oxygen atoms in total. The summed E-state index contributed by atoms with van der Waals surface area (Å²) in [5.41, 5.74) is 2.74. The van der Waals surface area contributed by atoms with Crippen LogP contribution in [0, 0.1) is 18.6 Å². The molecule has 0 spiro atoms. The number of anilines is 2. The number of fused-ring (bicyclic) bond motifs is 1. The predicted molar refractivity (Wildman–Crippen MR) is 141 cm³/mol. The molecule has 0 saturated carbocycles. The first-order chi connectivity index (χ1) is 17.6. The number of benzene rings is 3. The monoisotopic (exact) mass is 507 g/mol. The summed E-state index contributed by atoms with van der Waals surface area (Å²) in [7, 11) is 3.21. The van der Waals surface area contributed by atoms with Gasteiger partial charge in [0.2, 0.25) is 5.91 Å². The number of halogens is 2. The highest BCUT2D eigenvalue weighted by molar-refractivity contribution is 5.97. The van der Waals surface area contributed by atoms with Gasteiger partial charge < -0.3 is 20.7 Å². The summed E-state index contributed by atoms with van der Waals surface area (Å²) in [6.07, 6.45) is 0. The van der Waals surface area contributed by atoms with Crippen molar-refractivity contribution in [2.75, 3.05) is 19.5 Å². The second-order valence-corrected chi connectivity index (χ2v) is 9.48. The molecule has 0 fully saturated rings. The number of carbonyl (C=O) groups is 1. The van der Waals surface area contributed by atoms with Crippen molar-refractivity contribution in [1.82, 2.24) is 20.4 Å². The van der Waals surface area contributed by atoms with Crippen molar-refractivity contribution in [2.24, 2.45) is 0 Å². The molecule has 0 bridgehead atoms. The van der Waals surface area contributed by atoms with Crippen molar-refractivity contribution in [3.63, 3.8) is 0 Å². The summed E-state index contributed by atoms with van der Waals surface area (Å²) in [5.74, 6) is -0.159. The van der Waals surface area contributed by atoms with E-state index in [2.05, 4.69) is 21.0 Å². The number of methoxy groups -OCH3 is 1. The fourth-order valence-corrected chi connectivity index (χ4v) is 3.94. The average molecular weight is 508 g/mol. The van der Waals surface area contributed by atoms with Gasteiger partial charge in [-0.2, -0.15) is 5.10 Å². The first-order valence-electron chi connectivity index (χ1n) is 11.9. The van der Waals surface area contributed by atoms with E-state index in [1.165, 1.54) is 25.3 Å². The molecule has 9 heteroatoms. The van der Waals surface area contributed by atoms with Gasteiger partial charge in [-0.25, -0.2) is 8.78 Å². The van der Waals surface area contributed by atoms with E-state index in [9.17, 15) is 13.6 Å². The zero-order valence-electron chi connectivity index (χ0n) is 21.6. The van der Waals surface area contributed by atoms with Crippen LogP contribution in [0.15, 0.2) is 54.6 Å². The molecule has 1 aromatic heterocycles. The molecular formula is C28H31F2N5O2. The lowest BCUT2D eigenvalue weighted by Gasteiger charge is -2.22. The van der Waals surface area contributed by atoms with E-state index in [-0.39, 0.29) is 11.7 Å². The van der Waals surface area contributed by atoms with E-state index in [1.807, 2.05) is 38.1 Å². The van der Waals surface area contributed by atoms with Gasteiger partial charge in [0.1, 0.15) is 17.4 Å². The van der Waals surface area contributed by atoms with Crippen molar-refractivity contribution in [2.45, 2.75) is 39.4 Å². The summed E-state index contributed by atoms with van der Waals surface area (Å²) in [4.78, 5) is 12.4. The van der Waals surface area contributed by atoms with Gasteiger partial charge in [0.05, 0.1) is 30.1 Å². The fourth-order valence-electron chi connectivity index (χ4n) is 3.94. The lowest BCUT2D eigenvalue weighted by atomic mass is 10.0. The minimum Gasteiger partial charge on any atom is -0.496 e. The van der Waals surface area contributed by atoms with E-state index in [0.717, 1.165) is 11.1 Å². The number of hydrogen-bond donors (Lipinski definition) is 3. The predicted octanol–water partition coefficient (Wildman–Crippen LogP) is 5.04. The number of likely N-dealkylation sites (N-methyl/N-ethyl adjacent to an activating group) is 1. The average Bonchev–Trinajstić information content (AvgIpc) is 3.20. The maximum Gasteiger partial charge on any atom is 0.239 e. The van der Waals surface area contributed by atoms with Crippen LogP contribution in [0.4, 0.5) is 20.3 Å². The molecule has 37 heavy (non-hydrogen) atoms. The van der Waals surface area contributed by atoms with E-state index in [1.54, 1.807) is 30.8 Å². The van der Waals surface area contributed by atoms with Crippen LogP contribution in [0.5, 0.6) is 5.75 Å². The van der Waals surface area contributed by atoms with E-state index >= 15 is 0 Å². The van der Waals surface area contributed by atoms with Gasteiger partial charge in [0.25, 0.3) is 0 Å². The fraction of sp³-hybridized carbons (Fsp3) is 0.286. The van der Waals surface area contributed by atoms with Gasteiger partial charge in [-0.1, -0.05) is 30.3 Å². The van der Waals surface area contributed by atoms with Crippen LogP contribution in [-0.4, -0.2) is 35.4 Å². The number of carbonyl (C=O) groups excluding carboxylic acids is 1. The van der Waals surface area contributed by atoms with Crippen LogP contribution in [0.3, 0.4) is 0 Å². The second kappa shape index (κ2) is 10.6. The Kier molecular flexibility index (Phi) is 7.45. The first-order valence-corrected chi connectivity index (χ1v) is 11.9. The zero-order chi connectivity index (χ0) is 26.7. The third-order valence-corrected chi connectivity index (χ3v) is 6.41. The van der Waals surface area contributed by atoms with E-state index in [4.69, 9.17) is 4.74 Å². The van der Waals surface area contributed by atoms with Gasteiger partial charge in [-0.3, -0.25) is 9.48 Å². The number of aromatic nitrogens is 2. The zero-order valence-corrected chi connectivity index (χ0v) is 21.6. The second-order valence-electron chi connectivity index (χ2n) is 9.48. The van der Waals surface area contributed by atoms with Crippen LogP contribution in [0.25, 0.3) is 10.9 Å². The van der Waals surface area contributed by atoms with E-state index < -0.39 is 11.4 Å². The standard InChI is InChI=1S/C28H31F2N5O2/c1-17-9-10-21(14-22(17)30)33-26-25-23(12-20(29)13-24(25)37-5)35(34-26)16-19-8-6-7-18(11-19)15-32-27(36)28(2,3)31-4/h6-14,31H,15-16H2,1-5H3,(H,32,36)(H,33,34). The summed E-state index contributed by atoms with van der Waals surface area (Å²) >= 11 is 0. The minimum atomic E-state index is -0.682. The molecule has 1 heterocycles. The molecule has 3 N–H and O–H groups in total. The Morgan fingerprint density at radius 1 is 1.08 bits per heavy atom. The van der Waals surface area contributed by atoms with Gasteiger partial charge in [-0.05, 0) is 56.6 Å². The Balaban J connectivity index is 1.65. The van der Waals surface area contributed by atoms with Crippen molar-refractivity contribution in [1.29, 1.82) is 0 Å². The highest BCUT2D eigenvalue weighted by Gasteiger charge is 2.24. The maximum atomic E-state index is 14.5. The lowest BCUT2D eigenvalue weighted by molar-refractivity contribution is -0.126. The van der Waals surface area contributed by atoms with Crippen LogP contribution in [-0.2, 0) is 17.9 Å². The minimum absolute atomic E-state index is 0.107. The van der Waals surface area contributed by atoms with Crippen molar-refractivity contribution < 1.29 is 18.3 Å². The molecule has 0 aliphatic rings. The molecule has 3 aromatic carbocycles. The SMILES string of the molecule is CNC(C)(C)C(=O)NCc1cccc(Cn2nc(Nc3ccc(C)c(F)c3)c3c(OC)cc(F)cc32)c1. The van der Waals surface area contributed by atoms with Gasteiger partial charge >= 0.3 is 0 Å². The van der Waals surface area contributed by atoms with Crippen molar-refractivity contribution >= 4 is 28.3 Å². The van der Waals surface area contributed by atoms with Crippen molar-refractivity contribution in [3.05, 3.63) is 82.9 Å². The molecule has 1 amide bonds. The summed E-state index contributed by atoms with van der Waals surface area (Å²) in [6, 6.07) is 15.3. The number of hydrogen-bond acceptors (Lipinski definition) is 5. The van der Waals surface area contributed by atoms with Crippen LogP contribution < -0.4 is 20.7 Å².